The average Bonchev–Trinajstić information content (AvgIpc) is 2.28. The van der Waals surface area contributed by atoms with Gasteiger partial charge in [0, 0.05) is 25.6 Å². The Morgan fingerprint density at radius 3 is 2.75 bits per heavy atom. The van der Waals surface area contributed by atoms with Gasteiger partial charge in [-0.1, -0.05) is 23.8 Å². The maximum Gasteiger partial charge on any atom is 0.0627 e. The lowest BCUT2D eigenvalue weighted by Crippen LogP contribution is -2.34. The van der Waals surface area contributed by atoms with Gasteiger partial charge in [-0.15, -0.1) is 11.6 Å². The van der Waals surface area contributed by atoms with E-state index in [0.717, 1.165) is 6.54 Å². The van der Waals surface area contributed by atoms with Crippen molar-refractivity contribution in [1.29, 1.82) is 0 Å². The molecule has 3 heteroatoms. The van der Waals surface area contributed by atoms with Crippen molar-refractivity contribution < 1.29 is 4.74 Å². The van der Waals surface area contributed by atoms with Gasteiger partial charge in [0.1, 0.15) is 0 Å². The fourth-order valence-corrected chi connectivity index (χ4v) is 1.80. The van der Waals surface area contributed by atoms with Crippen LogP contribution in [0.1, 0.15) is 16.7 Å². The van der Waals surface area contributed by atoms with Crippen molar-refractivity contribution in [2.24, 2.45) is 0 Å². The Morgan fingerprint density at radius 1 is 1.38 bits per heavy atom. The predicted molar refractivity (Wildman–Crippen MR) is 69.1 cm³/mol. The molecular formula is C13H20ClNO. The van der Waals surface area contributed by atoms with Gasteiger partial charge in [0.05, 0.1) is 6.61 Å². The lowest BCUT2D eigenvalue weighted by Gasteiger charge is -2.16. The topological polar surface area (TPSA) is 21.3 Å². The summed E-state index contributed by atoms with van der Waals surface area (Å²) in [5.41, 5.74) is 3.92. The van der Waals surface area contributed by atoms with E-state index in [-0.39, 0.29) is 6.04 Å². The molecule has 1 aromatic carbocycles. The fraction of sp³-hybridized carbons (Fsp3) is 0.538. The summed E-state index contributed by atoms with van der Waals surface area (Å²) < 4.78 is 5.09. The Hall–Kier alpha value is -0.570. The molecule has 1 rings (SSSR count). The minimum absolute atomic E-state index is 0.214. The third kappa shape index (κ3) is 4.12. The highest BCUT2D eigenvalue weighted by Crippen LogP contribution is 2.10. The molecule has 1 N–H and O–H groups in total. The number of alkyl halides is 1. The monoisotopic (exact) mass is 241 g/mol. The smallest absolute Gasteiger partial charge is 0.0627 e. The zero-order valence-electron chi connectivity index (χ0n) is 10.2. The summed E-state index contributed by atoms with van der Waals surface area (Å²) in [5, 5.41) is 3.40. The molecule has 0 radical (unpaired) electrons. The molecular weight excluding hydrogens is 222 g/mol. The summed E-state index contributed by atoms with van der Waals surface area (Å²) in [6.07, 6.45) is 0. The molecule has 0 aliphatic rings. The van der Waals surface area contributed by atoms with Gasteiger partial charge in [-0.2, -0.15) is 0 Å². The average molecular weight is 242 g/mol. The Balaban J connectivity index is 2.55. The second-order valence-electron chi connectivity index (χ2n) is 4.12. The molecule has 1 unspecified atom stereocenters. The van der Waals surface area contributed by atoms with Crippen LogP contribution in [0.15, 0.2) is 18.2 Å². The molecule has 2 nitrogen and oxygen atoms in total. The van der Waals surface area contributed by atoms with E-state index in [2.05, 4.69) is 37.4 Å². The van der Waals surface area contributed by atoms with Crippen molar-refractivity contribution >= 4 is 11.6 Å². The number of benzene rings is 1. The van der Waals surface area contributed by atoms with Crippen LogP contribution in [0.4, 0.5) is 0 Å². The van der Waals surface area contributed by atoms with Crippen molar-refractivity contribution in [2.45, 2.75) is 26.4 Å². The first kappa shape index (κ1) is 13.5. The van der Waals surface area contributed by atoms with Gasteiger partial charge in [0.15, 0.2) is 0 Å². The van der Waals surface area contributed by atoms with Crippen LogP contribution in [0, 0.1) is 13.8 Å². The summed E-state index contributed by atoms with van der Waals surface area (Å²) in [6.45, 7) is 5.72. The molecule has 0 fully saturated rings. The molecule has 0 saturated carbocycles. The van der Waals surface area contributed by atoms with E-state index in [0.29, 0.717) is 12.5 Å². The first-order valence-electron chi connectivity index (χ1n) is 5.51. The number of ether oxygens (including phenoxy) is 1. The SMILES string of the molecule is COCC(CCl)NCc1cc(C)ccc1C. The zero-order chi connectivity index (χ0) is 12.0. The van der Waals surface area contributed by atoms with E-state index >= 15 is 0 Å². The van der Waals surface area contributed by atoms with Crippen LogP contribution in [0.5, 0.6) is 0 Å². The van der Waals surface area contributed by atoms with Gasteiger partial charge in [0.25, 0.3) is 0 Å². The summed E-state index contributed by atoms with van der Waals surface area (Å²) >= 11 is 5.84. The third-order valence-electron chi connectivity index (χ3n) is 2.64. The number of aryl methyl sites for hydroxylation is 2. The molecule has 0 aromatic heterocycles. The maximum atomic E-state index is 5.84. The van der Waals surface area contributed by atoms with Crippen molar-refractivity contribution in [3.05, 3.63) is 34.9 Å². The van der Waals surface area contributed by atoms with E-state index < -0.39 is 0 Å². The highest BCUT2D eigenvalue weighted by molar-refractivity contribution is 6.18. The predicted octanol–water partition coefficient (Wildman–Crippen LogP) is 2.65. The van der Waals surface area contributed by atoms with E-state index in [1.807, 2.05) is 0 Å². The lowest BCUT2D eigenvalue weighted by molar-refractivity contribution is 0.172. The molecule has 1 aromatic rings. The highest BCUT2D eigenvalue weighted by atomic mass is 35.5. The highest BCUT2D eigenvalue weighted by Gasteiger charge is 2.06. The molecule has 90 valence electrons. The largest absolute Gasteiger partial charge is 0.383 e. The fourth-order valence-electron chi connectivity index (χ4n) is 1.60. The summed E-state index contributed by atoms with van der Waals surface area (Å²) in [4.78, 5) is 0. The maximum absolute atomic E-state index is 5.84. The van der Waals surface area contributed by atoms with Crippen LogP contribution in [0.2, 0.25) is 0 Å². The van der Waals surface area contributed by atoms with E-state index in [4.69, 9.17) is 16.3 Å². The quantitative estimate of drug-likeness (QED) is 0.774. The van der Waals surface area contributed by atoms with Gasteiger partial charge in [-0.3, -0.25) is 0 Å². The van der Waals surface area contributed by atoms with Gasteiger partial charge < -0.3 is 10.1 Å². The second-order valence-corrected chi connectivity index (χ2v) is 4.43. The van der Waals surface area contributed by atoms with Crippen molar-refractivity contribution in [2.75, 3.05) is 19.6 Å². The summed E-state index contributed by atoms with van der Waals surface area (Å²) in [6, 6.07) is 6.71. The van der Waals surface area contributed by atoms with Crippen molar-refractivity contribution in [3.8, 4) is 0 Å². The normalized spacial score (nSPS) is 12.8. The Morgan fingerprint density at radius 2 is 2.12 bits per heavy atom. The molecule has 0 spiro atoms. The number of hydrogen-bond donors (Lipinski definition) is 1. The Labute approximate surface area is 103 Å². The van der Waals surface area contributed by atoms with Gasteiger partial charge in [0.2, 0.25) is 0 Å². The molecule has 0 aliphatic heterocycles. The van der Waals surface area contributed by atoms with Gasteiger partial charge in [-0.25, -0.2) is 0 Å². The first-order valence-corrected chi connectivity index (χ1v) is 6.05. The number of halogens is 1. The molecule has 0 saturated heterocycles. The Kier molecular flexibility index (Phi) is 5.81. The number of nitrogens with one attached hydrogen (secondary N) is 1. The molecule has 0 bridgehead atoms. The summed E-state index contributed by atoms with van der Waals surface area (Å²) in [7, 11) is 1.69. The minimum atomic E-state index is 0.214. The second kappa shape index (κ2) is 6.89. The molecule has 16 heavy (non-hydrogen) atoms. The van der Waals surface area contributed by atoms with E-state index in [1.165, 1.54) is 16.7 Å². The molecule has 0 heterocycles. The number of hydrogen-bond acceptors (Lipinski definition) is 2. The van der Waals surface area contributed by atoms with Crippen molar-refractivity contribution in [1.82, 2.24) is 5.32 Å². The lowest BCUT2D eigenvalue weighted by atomic mass is 10.1. The zero-order valence-corrected chi connectivity index (χ0v) is 11.0. The Bertz CT molecular complexity index is 328. The third-order valence-corrected chi connectivity index (χ3v) is 3.01. The van der Waals surface area contributed by atoms with Gasteiger partial charge >= 0.3 is 0 Å². The molecule has 1 atom stereocenters. The van der Waals surface area contributed by atoms with Crippen molar-refractivity contribution in [3.63, 3.8) is 0 Å². The number of methoxy groups -OCH3 is 1. The van der Waals surface area contributed by atoms with E-state index in [1.54, 1.807) is 7.11 Å². The molecule has 0 aliphatic carbocycles. The molecule has 0 amide bonds. The van der Waals surface area contributed by atoms with Crippen LogP contribution >= 0.6 is 11.6 Å². The minimum Gasteiger partial charge on any atom is -0.383 e. The van der Waals surface area contributed by atoms with Crippen LogP contribution in [-0.4, -0.2) is 25.6 Å². The summed E-state index contributed by atoms with van der Waals surface area (Å²) in [5.74, 6) is 0.568. The van der Waals surface area contributed by atoms with E-state index in [9.17, 15) is 0 Å². The van der Waals surface area contributed by atoms with Crippen LogP contribution in [0.25, 0.3) is 0 Å². The first-order chi connectivity index (χ1) is 7.67. The van der Waals surface area contributed by atoms with Crippen LogP contribution < -0.4 is 5.32 Å². The van der Waals surface area contributed by atoms with Crippen LogP contribution in [0.3, 0.4) is 0 Å². The standard InChI is InChI=1S/C13H20ClNO/c1-10-4-5-11(2)12(6-10)8-15-13(7-14)9-16-3/h4-6,13,15H,7-9H2,1-3H3. The van der Waals surface area contributed by atoms with Crippen LogP contribution in [-0.2, 0) is 11.3 Å². The van der Waals surface area contributed by atoms with Gasteiger partial charge in [-0.05, 0) is 25.0 Å². The number of rotatable bonds is 6.